The fraction of sp³-hybridized carbons (Fsp3) is 0.533. The average molecular weight is 260 g/mol. The van der Waals surface area contributed by atoms with Crippen LogP contribution in [0.25, 0.3) is 11.0 Å². The largest absolute Gasteiger partial charge is 0.329 e. The van der Waals surface area contributed by atoms with Gasteiger partial charge in [0.25, 0.3) is 0 Å². The molecule has 1 atom stereocenters. The van der Waals surface area contributed by atoms with E-state index < -0.39 is 0 Å². The minimum atomic E-state index is 0.314. The van der Waals surface area contributed by atoms with Crippen molar-refractivity contribution < 1.29 is 0 Å². The molecule has 0 aliphatic rings. The number of nitrogens with zero attached hydrogens (tertiary/aromatic N) is 2. The summed E-state index contributed by atoms with van der Waals surface area (Å²) in [6, 6.07) is 8.52. The number of fused-ring (bicyclic) bond motifs is 1. The maximum Gasteiger partial charge on any atom is 0.0958 e. The third kappa shape index (κ3) is 3.78. The Bertz CT molecular complexity index is 492. The first-order valence-corrected chi connectivity index (χ1v) is 7.21. The van der Waals surface area contributed by atoms with E-state index in [-0.39, 0.29) is 0 Å². The lowest BCUT2D eigenvalue weighted by Crippen LogP contribution is -2.38. The van der Waals surface area contributed by atoms with Crippen LogP contribution in [0.2, 0.25) is 0 Å². The molecular weight excluding hydrogens is 236 g/mol. The molecule has 1 unspecified atom stereocenters. The molecule has 0 spiro atoms. The first-order chi connectivity index (χ1) is 9.35. The number of nitrogens with one attached hydrogen (secondary N) is 1. The molecular formula is C15H24N4. The number of aromatic nitrogens is 2. The summed E-state index contributed by atoms with van der Waals surface area (Å²) in [6.45, 7) is 3.11. The fourth-order valence-electron chi connectivity index (χ4n) is 2.44. The summed E-state index contributed by atoms with van der Waals surface area (Å²) >= 11 is 0. The smallest absolute Gasteiger partial charge is 0.0958 e. The lowest BCUT2D eigenvalue weighted by atomic mass is 10.1. The SMILES string of the molecule is CCCCCCC(Cn1cnc2ccccc21)NN. The summed E-state index contributed by atoms with van der Waals surface area (Å²) in [4.78, 5) is 4.41. The Kier molecular flexibility index (Phi) is 5.36. The maximum absolute atomic E-state index is 5.66. The van der Waals surface area contributed by atoms with Gasteiger partial charge in [-0.15, -0.1) is 0 Å². The van der Waals surface area contributed by atoms with Gasteiger partial charge in [-0.2, -0.15) is 0 Å². The summed E-state index contributed by atoms with van der Waals surface area (Å²) in [7, 11) is 0. The van der Waals surface area contributed by atoms with Gasteiger partial charge in [0.2, 0.25) is 0 Å². The predicted molar refractivity (Wildman–Crippen MR) is 79.6 cm³/mol. The highest BCUT2D eigenvalue weighted by atomic mass is 15.2. The van der Waals surface area contributed by atoms with Gasteiger partial charge in [-0.05, 0) is 18.6 Å². The molecule has 3 N–H and O–H groups in total. The minimum absolute atomic E-state index is 0.314. The second kappa shape index (κ2) is 7.26. The van der Waals surface area contributed by atoms with Gasteiger partial charge in [-0.3, -0.25) is 11.3 Å². The van der Waals surface area contributed by atoms with E-state index in [2.05, 4.69) is 28.0 Å². The van der Waals surface area contributed by atoms with Crippen LogP contribution in [-0.2, 0) is 6.54 Å². The van der Waals surface area contributed by atoms with Gasteiger partial charge in [-0.1, -0.05) is 44.7 Å². The van der Waals surface area contributed by atoms with Crippen LogP contribution in [0.4, 0.5) is 0 Å². The molecule has 1 aromatic heterocycles. The topological polar surface area (TPSA) is 55.9 Å². The van der Waals surface area contributed by atoms with Gasteiger partial charge in [0.1, 0.15) is 0 Å². The standard InChI is InChI=1S/C15H24N4/c1-2-3-4-5-8-13(18-16)11-19-12-17-14-9-6-7-10-15(14)19/h6-7,9-10,12-13,18H,2-5,8,11,16H2,1H3. The van der Waals surface area contributed by atoms with Crippen molar-refractivity contribution >= 4 is 11.0 Å². The van der Waals surface area contributed by atoms with Crippen LogP contribution >= 0.6 is 0 Å². The summed E-state index contributed by atoms with van der Waals surface area (Å²) in [5.41, 5.74) is 5.16. The molecule has 0 saturated heterocycles. The molecule has 0 aliphatic carbocycles. The number of hydrogen-bond donors (Lipinski definition) is 2. The van der Waals surface area contributed by atoms with Crippen LogP contribution < -0.4 is 11.3 Å². The van der Waals surface area contributed by atoms with E-state index in [1.54, 1.807) is 0 Å². The second-order valence-electron chi connectivity index (χ2n) is 5.10. The van der Waals surface area contributed by atoms with E-state index >= 15 is 0 Å². The number of unbranched alkanes of at least 4 members (excludes halogenated alkanes) is 3. The summed E-state index contributed by atoms with van der Waals surface area (Å²) < 4.78 is 2.18. The molecule has 2 aromatic rings. The van der Waals surface area contributed by atoms with Crippen LogP contribution in [0.3, 0.4) is 0 Å². The number of nitrogens with two attached hydrogens (primary N) is 1. The normalized spacial score (nSPS) is 12.9. The molecule has 1 aromatic carbocycles. The average Bonchev–Trinajstić information content (AvgIpc) is 2.85. The van der Waals surface area contributed by atoms with Crippen LogP contribution in [0, 0.1) is 0 Å². The molecule has 0 amide bonds. The zero-order chi connectivity index (χ0) is 13.5. The number of para-hydroxylation sites is 2. The van der Waals surface area contributed by atoms with E-state index in [1.807, 2.05) is 24.5 Å². The zero-order valence-corrected chi connectivity index (χ0v) is 11.7. The summed E-state index contributed by atoms with van der Waals surface area (Å²) in [5.74, 6) is 5.66. The van der Waals surface area contributed by atoms with Crippen molar-refractivity contribution in [3.05, 3.63) is 30.6 Å². The number of benzene rings is 1. The predicted octanol–water partition coefficient (Wildman–Crippen LogP) is 2.84. The molecule has 1 heterocycles. The van der Waals surface area contributed by atoms with Crippen molar-refractivity contribution in [3.8, 4) is 0 Å². The van der Waals surface area contributed by atoms with Gasteiger partial charge >= 0.3 is 0 Å². The van der Waals surface area contributed by atoms with Crippen molar-refractivity contribution in [1.29, 1.82) is 0 Å². The van der Waals surface area contributed by atoms with E-state index in [9.17, 15) is 0 Å². The molecule has 0 fully saturated rings. The fourth-order valence-corrected chi connectivity index (χ4v) is 2.44. The zero-order valence-electron chi connectivity index (χ0n) is 11.7. The molecule has 0 bridgehead atoms. The van der Waals surface area contributed by atoms with Crippen molar-refractivity contribution in [1.82, 2.24) is 15.0 Å². The van der Waals surface area contributed by atoms with Gasteiger partial charge in [0.05, 0.1) is 17.4 Å². The van der Waals surface area contributed by atoms with Crippen LogP contribution in [0.15, 0.2) is 30.6 Å². The number of imidazole rings is 1. The molecule has 104 valence electrons. The second-order valence-corrected chi connectivity index (χ2v) is 5.10. The number of hydrogen-bond acceptors (Lipinski definition) is 3. The Hall–Kier alpha value is -1.39. The Morgan fingerprint density at radius 1 is 1.26 bits per heavy atom. The van der Waals surface area contributed by atoms with Crippen molar-refractivity contribution in [2.75, 3.05) is 0 Å². The lowest BCUT2D eigenvalue weighted by Gasteiger charge is -2.16. The third-order valence-electron chi connectivity index (χ3n) is 3.59. The molecule has 4 nitrogen and oxygen atoms in total. The molecule has 2 rings (SSSR count). The van der Waals surface area contributed by atoms with Crippen LogP contribution in [0.1, 0.15) is 39.0 Å². The first-order valence-electron chi connectivity index (χ1n) is 7.21. The molecule has 19 heavy (non-hydrogen) atoms. The summed E-state index contributed by atoms with van der Waals surface area (Å²) in [6.07, 6.45) is 8.12. The Morgan fingerprint density at radius 3 is 2.89 bits per heavy atom. The van der Waals surface area contributed by atoms with Gasteiger partial charge in [0.15, 0.2) is 0 Å². The van der Waals surface area contributed by atoms with Crippen molar-refractivity contribution in [2.24, 2.45) is 5.84 Å². The molecule has 4 heteroatoms. The first kappa shape index (κ1) is 14.0. The van der Waals surface area contributed by atoms with Crippen LogP contribution in [0.5, 0.6) is 0 Å². The number of hydrazine groups is 1. The van der Waals surface area contributed by atoms with E-state index in [1.165, 1.54) is 31.2 Å². The van der Waals surface area contributed by atoms with E-state index in [0.29, 0.717) is 6.04 Å². The third-order valence-corrected chi connectivity index (χ3v) is 3.59. The monoisotopic (exact) mass is 260 g/mol. The van der Waals surface area contributed by atoms with Crippen molar-refractivity contribution in [2.45, 2.75) is 51.6 Å². The molecule has 0 saturated carbocycles. The maximum atomic E-state index is 5.66. The quantitative estimate of drug-likeness (QED) is 0.436. The minimum Gasteiger partial charge on any atom is -0.329 e. The molecule has 0 radical (unpaired) electrons. The van der Waals surface area contributed by atoms with E-state index in [4.69, 9.17) is 5.84 Å². The highest BCUT2D eigenvalue weighted by Crippen LogP contribution is 2.14. The van der Waals surface area contributed by atoms with E-state index in [0.717, 1.165) is 18.5 Å². The van der Waals surface area contributed by atoms with Crippen molar-refractivity contribution in [3.63, 3.8) is 0 Å². The lowest BCUT2D eigenvalue weighted by molar-refractivity contribution is 0.418. The Labute approximate surface area is 115 Å². The molecule has 0 aliphatic heterocycles. The highest BCUT2D eigenvalue weighted by molar-refractivity contribution is 5.74. The van der Waals surface area contributed by atoms with Gasteiger partial charge in [0, 0.05) is 12.6 Å². The number of rotatable bonds is 8. The van der Waals surface area contributed by atoms with Crippen LogP contribution in [-0.4, -0.2) is 15.6 Å². The van der Waals surface area contributed by atoms with Gasteiger partial charge < -0.3 is 4.57 Å². The highest BCUT2D eigenvalue weighted by Gasteiger charge is 2.09. The Balaban J connectivity index is 1.94. The van der Waals surface area contributed by atoms with Gasteiger partial charge in [-0.25, -0.2) is 4.98 Å². The summed E-state index contributed by atoms with van der Waals surface area (Å²) in [5, 5.41) is 0. The Morgan fingerprint density at radius 2 is 2.11 bits per heavy atom.